The van der Waals surface area contributed by atoms with Crippen LogP contribution in [0.3, 0.4) is 0 Å². The highest BCUT2D eigenvalue weighted by molar-refractivity contribution is 6.13. The van der Waals surface area contributed by atoms with Gasteiger partial charge in [0, 0.05) is 28.8 Å². The molecule has 0 spiro atoms. The number of fused-ring (bicyclic) bond motifs is 2. The summed E-state index contributed by atoms with van der Waals surface area (Å²) in [5, 5.41) is 4.64. The first kappa shape index (κ1) is 19.4. The number of aromatic nitrogens is 1. The molecule has 158 valence electrons. The molecular formula is C30H22N2O. The SMILES string of the molecule is O=C1c2ccccc2NC1(Cc1ccc2cc(-c3ccccc3)ccc2n1)c1ccccc1. The third-order valence-electron chi connectivity index (χ3n) is 6.47. The average molecular weight is 427 g/mol. The molecular weight excluding hydrogens is 404 g/mol. The summed E-state index contributed by atoms with van der Waals surface area (Å²) in [6.45, 7) is 0. The molecule has 1 aromatic heterocycles. The highest BCUT2D eigenvalue weighted by atomic mass is 16.1. The maximum absolute atomic E-state index is 13.7. The Morgan fingerprint density at radius 3 is 2.21 bits per heavy atom. The van der Waals surface area contributed by atoms with Gasteiger partial charge in [-0.05, 0) is 47.0 Å². The lowest BCUT2D eigenvalue weighted by atomic mass is 9.81. The van der Waals surface area contributed by atoms with Gasteiger partial charge in [0.1, 0.15) is 5.54 Å². The van der Waals surface area contributed by atoms with Crippen molar-refractivity contribution in [1.29, 1.82) is 0 Å². The molecule has 0 amide bonds. The molecule has 5 aromatic rings. The minimum absolute atomic E-state index is 0.0885. The standard InChI is InChI=1S/C30H22N2O/c33-29-26-13-7-8-14-28(26)32-30(29,24-11-5-2-6-12-24)20-25-17-15-23-19-22(16-18-27(23)31-25)21-9-3-1-4-10-21/h1-19,32H,20H2. The number of Topliss-reactive ketones (excluding diaryl/α,β-unsaturated/α-hetero) is 1. The van der Waals surface area contributed by atoms with Gasteiger partial charge in [-0.3, -0.25) is 9.78 Å². The Bertz CT molecular complexity index is 1480. The van der Waals surface area contributed by atoms with Gasteiger partial charge in [0.25, 0.3) is 0 Å². The number of benzene rings is 4. The monoisotopic (exact) mass is 426 g/mol. The van der Waals surface area contributed by atoms with Crippen LogP contribution in [0.5, 0.6) is 0 Å². The molecule has 0 radical (unpaired) electrons. The maximum Gasteiger partial charge on any atom is 0.195 e. The maximum atomic E-state index is 13.7. The molecule has 1 N–H and O–H groups in total. The van der Waals surface area contributed by atoms with E-state index in [2.05, 4.69) is 41.7 Å². The molecule has 0 aliphatic carbocycles. The van der Waals surface area contributed by atoms with E-state index in [0.29, 0.717) is 6.42 Å². The van der Waals surface area contributed by atoms with Crippen LogP contribution >= 0.6 is 0 Å². The molecule has 0 saturated carbocycles. The van der Waals surface area contributed by atoms with E-state index in [9.17, 15) is 4.79 Å². The highest BCUT2D eigenvalue weighted by Gasteiger charge is 2.46. The molecule has 4 aromatic carbocycles. The Hall–Kier alpha value is -4.24. The molecule has 0 saturated heterocycles. The van der Waals surface area contributed by atoms with Gasteiger partial charge in [-0.1, -0.05) is 84.9 Å². The van der Waals surface area contributed by atoms with E-state index in [1.54, 1.807) is 0 Å². The fraction of sp³-hybridized carbons (Fsp3) is 0.0667. The first-order chi connectivity index (χ1) is 16.2. The van der Waals surface area contributed by atoms with E-state index in [4.69, 9.17) is 4.98 Å². The summed E-state index contributed by atoms with van der Waals surface area (Å²) < 4.78 is 0. The predicted molar refractivity (Wildman–Crippen MR) is 133 cm³/mol. The van der Waals surface area contributed by atoms with Crippen molar-refractivity contribution < 1.29 is 4.79 Å². The molecule has 2 heterocycles. The Kier molecular flexibility index (Phi) is 4.55. The zero-order valence-corrected chi connectivity index (χ0v) is 18.0. The van der Waals surface area contributed by atoms with E-state index in [1.165, 1.54) is 11.1 Å². The normalized spacial score (nSPS) is 17.0. The number of carbonyl (C=O) groups is 1. The van der Waals surface area contributed by atoms with Crippen molar-refractivity contribution in [3.05, 3.63) is 132 Å². The van der Waals surface area contributed by atoms with Gasteiger partial charge in [0.15, 0.2) is 5.78 Å². The van der Waals surface area contributed by atoms with Gasteiger partial charge in [-0.15, -0.1) is 0 Å². The summed E-state index contributed by atoms with van der Waals surface area (Å²) in [5.74, 6) is 0.0885. The van der Waals surface area contributed by atoms with E-state index < -0.39 is 5.54 Å². The molecule has 1 aliphatic rings. The molecule has 0 fully saturated rings. The second-order valence-corrected chi connectivity index (χ2v) is 8.52. The molecule has 6 rings (SSSR count). The van der Waals surface area contributed by atoms with Crippen LogP contribution in [0.15, 0.2) is 115 Å². The fourth-order valence-corrected chi connectivity index (χ4v) is 4.81. The Morgan fingerprint density at radius 1 is 0.697 bits per heavy atom. The van der Waals surface area contributed by atoms with Crippen LogP contribution in [0.25, 0.3) is 22.0 Å². The summed E-state index contributed by atoms with van der Waals surface area (Å²) in [6.07, 6.45) is 0.473. The van der Waals surface area contributed by atoms with Crippen LogP contribution in [-0.4, -0.2) is 10.8 Å². The molecule has 0 bridgehead atoms. The highest BCUT2D eigenvalue weighted by Crippen LogP contribution is 2.41. The second-order valence-electron chi connectivity index (χ2n) is 8.52. The molecule has 3 nitrogen and oxygen atoms in total. The van der Waals surface area contributed by atoms with Gasteiger partial charge >= 0.3 is 0 Å². The minimum atomic E-state index is -0.865. The largest absolute Gasteiger partial charge is 0.368 e. The summed E-state index contributed by atoms with van der Waals surface area (Å²) in [6, 6.07) is 38.5. The number of anilines is 1. The zero-order chi connectivity index (χ0) is 22.3. The van der Waals surface area contributed by atoms with Crippen LogP contribution < -0.4 is 5.32 Å². The van der Waals surface area contributed by atoms with Crippen LogP contribution in [0.2, 0.25) is 0 Å². The molecule has 3 heteroatoms. The molecule has 1 aliphatic heterocycles. The zero-order valence-electron chi connectivity index (χ0n) is 18.0. The van der Waals surface area contributed by atoms with Crippen molar-refractivity contribution in [2.24, 2.45) is 0 Å². The van der Waals surface area contributed by atoms with Crippen LogP contribution in [0.4, 0.5) is 5.69 Å². The Labute approximate surface area is 192 Å². The van der Waals surface area contributed by atoms with E-state index in [1.807, 2.05) is 78.9 Å². The quantitative estimate of drug-likeness (QED) is 0.350. The summed E-state index contributed by atoms with van der Waals surface area (Å²) >= 11 is 0. The van der Waals surface area contributed by atoms with Crippen molar-refractivity contribution >= 4 is 22.4 Å². The number of pyridine rings is 1. The molecule has 1 unspecified atom stereocenters. The first-order valence-electron chi connectivity index (χ1n) is 11.2. The first-order valence-corrected chi connectivity index (χ1v) is 11.2. The van der Waals surface area contributed by atoms with Gasteiger partial charge in [-0.25, -0.2) is 0 Å². The topological polar surface area (TPSA) is 42.0 Å². The number of nitrogens with one attached hydrogen (secondary N) is 1. The number of rotatable bonds is 4. The fourth-order valence-electron chi connectivity index (χ4n) is 4.81. The number of ketones is 1. The van der Waals surface area contributed by atoms with Crippen LogP contribution in [-0.2, 0) is 12.0 Å². The van der Waals surface area contributed by atoms with Crippen molar-refractivity contribution in [2.75, 3.05) is 5.32 Å². The number of hydrogen-bond donors (Lipinski definition) is 1. The Balaban J connectivity index is 1.41. The smallest absolute Gasteiger partial charge is 0.195 e. The third kappa shape index (κ3) is 3.30. The lowest BCUT2D eigenvalue weighted by Gasteiger charge is -2.29. The predicted octanol–water partition coefficient (Wildman–Crippen LogP) is 6.65. The number of nitrogens with zero attached hydrogens (tertiary/aromatic N) is 1. The van der Waals surface area contributed by atoms with Crippen LogP contribution in [0.1, 0.15) is 21.6 Å². The summed E-state index contributed by atoms with van der Waals surface area (Å²) in [4.78, 5) is 18.6. The van der Waals surface area contributed by atoms with Gasteiger partial charge in [0.05, 0.1) is 5.52 Å². The average Bonchev–Trinajstić information content (AvgIpc) is 3.17. The number of carbonyl (C=O) groups excluding carboxylic acids is 1. The van der Waals surface area contributed by atoms with Gasteiger partial charge in [-0.2, -0.15) is 0 Å². The third-order valence-corrected chi connectivity index (χ3v) is 6.47. The van der Waals surface area contributed by atoms with Crippen molar-refractivity contribution in [3.8, 4) is 11.1 Å². The van der Waals surface area contributed by atoms with Gasteiger partial charge in [0.2, 0.25) is 0 Å². The van der Waals surface area contributed by atoms with E-state index >= 15 is 0 Å². The van der Waals surface area contributed by atoms with Crippen molar-refractivity contribution in [2.45, 2.75) is 12.0 Å². The number of hydrogen-bond acceptors (Lipinski definition) is 3. The summed E-state index contributed by atoms with van der Waals surface area (Å²) in [5.41, 5.74) is 5.86. The molecule has 33 heavy (non-hydrogen) atoms. The summed E-state index contributed by atoms with van der Waals surface area (Å²) in [7, 11) is 0. The van der Waals surface area contributed by atoms with Gasteiger partial charge < -0.3 is 5.32 Å². The second kappa shape index (κ2) is 7.72. The lowest BCUT2D eigenvalue weighted by molar-refractivity contribution is 0.0916. The van der Waals surface area contributed by atoms with E-state index in [0.717, 1.165) is 33.4 Å². The Morgan fingerprint density at radius 2 is 1.42 bits per heavy atom. The number of para-hydroxylation sites is 1. The van der Waals surface area contributed by atoms with E-state index in [-0.39, 0.29) is 5.78 Å². The molecule has 1 atom stereocenters. The minimum Gasteiger partial charge on any atom is -0.368 e. The van der Waals surface area contributed by atoms with Crippen LogP contribution in [0, 0.1) is 0 Å². The lowest BCUT2D eigenvalue weighted by Crippen LogP contribution is -2.41. The van der Waals surface area contributed by atoms with Crippen molar-refractivity contribution in [3.63, 3.8) is 0 Å². The van der Waals surface area contributed by atoms with Crippen molar-refractivity contribution in [1.82, 2.24) is 4.98 Å².